The second-order valence-electron chi connectivity index (χ2n) is 4.53. The van der Waals surface area contributed by atoms with E-state index in [1.165, 1.54) is 7.11 Å². The van der Waals surface area contributed by atoms with E-state index in [0.717, 1.165) is 6.54 Å². The smallest absolute Gasteiger partial charge is 0.322 e. The minimum absolute atomic E-state index is 0.154. The van der Waals surface area contributed by atoms with Crippen molar-refractivity contribution in [2.24, 2.45) is 5.92 Å². The van der Waals surface area contributed by atoms with Crippen molar-refractivity contribution >= 4 is 17.5 Å². The monoisotopic (exact) mass is 258 g/mol. The molecule has 0 bridgehead atoms. The zero-order valence-electron chi connectivity index (χ0n) is 10.9. The largest absolute Gasteiger partial charge is 0.467 e. The molecule has 6 heteroatoms. The molecule has 0 spiro atoms. The van der Waals surface area contributed by atoms with Crippen molar-refractivity contribution in [1.82, 2.24) is 15.0 Å². The molecule has 0 amide bonds. The summed E-state index contributed by atoms with van der Waals surface area (Å²) in [7, 11) is 1.51. The summed E-state index contributed by atoms with van der Waals surface area (Å²) in [5.41, 5.74) is 0. The van der Waals surface area contributed by atoms with E-state index in [2.05, 4.69) is 47.5 Å². The van der Waals surface area contributed by atoms with Crippen LogP contribution in [0.5, 0.6) is 6.01 Å². The molecule has 96 valence electrons. The maximum atomic E-state index is 5.85. The van der Waals surface area contributed by atoms with Gasteiger partial charge in [-0.3, -0.25) is 0 Å². The Balaban J connectivity index is 3.04. The lowest BCUT2D eigenvalue weighted by atomic mass is 10.2. The first kappa shape index (κ1) is 14.0. The summed E-state index contributed by atoms with van der Waals surface area (Å²) in [6, 6.07) is 0.537. The Morgan fingerprint density at radius 2 is 1.82 bits per heavy atom. The van der Waals surface area contributed by atoms with Crippen molar-refractivity contribution in [1.29, 1.82) is 0 Å². The molecular weight excluding hydrogens is 240 g/mol. The van der Waals surface area contributed by atoms with Gasteiger partial charge in [0.2, 0.25) is 11.2 Å². The van der Waals surface area contributed by atoms with Gasteiger partial charge in [-0.05, 0) is 31.4 Å². The topological polar surface area (TPSA) is 51.1 Å². The average molecular weight is 259 g/mol. The fourth-order valence-corrected chi connectivity index (χ4v) is 1.61. The number of anilines is 1. The molecule has 17 heavy (non-hydrogen) atoms. The quantitative estimate of drug-likeness (QED) is 0.812. The van der Waals surface area contributed by atoms with Crippen LogP contribution in [0.2, 0.25) is 5.28 Å². The van der Waals surface area contributed by atoms with Gasteiger partial charge in [-0.25, -0.2) is 0 Å². The van der Waals surface area contributed by atoms with Gasteiger partial charge in [0, 0.05) is 12.6 Å². The number of rotatable bonds is 5. The van der Waals surface area contributed by atoms with Crippen LogP contribution in [0.4, 0.5) is 5.95 Å². The van der Waals surface area contributed by atoms with E-state index in [-0.39, 0.29) is 11.3 Å². The maximum Gasteiger partial charge on any atom is 0.322 e. The molecule has 0 atom stereocenters. The van der Waals surface area contributed by atoms with Crippen LogP contribution in [0.15, 0.2) is 0 Å². The van der Waals surface area contributed by atoms with Crippen LogP contribution in [-0.2, 0) is 0 Å². The minimum atomic E-state index is 0.154. The van der Waals surface area contributed by atoms with E-state index in [4.69, 9.17) is 16.3 Å². The summed E-state index contributed by atoms with van der Waals surface area (Å²) < 4.78 is 5.00. The highest BCUT2D eigenvalue weighted by atomic mass is 35.5. The van der Waals surface area contributed by atoms with Crippen molar-refractivity contribution in [2.75, 3.05) is 18.6 Å². The fourth-order valence-electron chi connectivity index (χ4n) is 1.46. The summed E-state index contributed by atoms with van der Waals surface area (Å²) >= 11 is 5.85. The number of aromatic nitrogens is 3. The van der Waals surface area contributed by atoms with E-state index in [1.54, 1.807) is 0 Å². The van der Waals surface area contributed by atoms with Crippen LogP contribution >= 0.6 is 11.6 Å². The highest BCUT2D eigenvalue weighted by molar-refractivity contribution is 6.28. The van der Waals surface area contributed by atoms with Gasteiger partial charge in [0.1, 0.15) is 0 Å². The second kappa shape index (κ2) is 6.00. The van der Waals surface area contributed by atoms with E-state index in [0.29, 0.717) is 17.9 Å². The van der Waals surface area contributed by atoms with Crippen LogP contribution in [0.25, 0.3) is 0 Å². The molecule has 0 aliphatic heterocycles. The van der Waals surface area contributed by atoms with Crippen molar-refractivity contribution < 1.29 is 4.74 Å². The zero-order valence-corrected chi connectivity index (χ0v) is 11.7. The molecule has 0 radical (unpaired) electrons. The third kappa shape index (κ3) is 4.00. The SMILES string of the molecule is COc1nc(Cl)nc(N(CC(C)C)C(C)C)n1. The van der Waals surface area contributed by atoms with Gasteiger partial charge in [0.05, 0.1) is 7.11 Å². The molecule has 1 aromatic heterocycles. The van der Waals surface area contributed by atoms with E-state index < -0.39 is 0 Å². The molecule has 0 fully saturated rings. The second-order valence-corrected chi connectivity index (χ2v) is 4.87. The highest BCUT2D eigenvalue weighted by Gasteiger charge is 2.17. The minimum Gasteiger partial charge on any atom is -0.467 e. The van der Waals surface area contributed by atoms with Crippen LogP contribution in [0, 0.1) is 5.92 Å². The summed E-state index contributed by atoms with van der Waals surface area (Å²) in [6.07, 6.45) is 0. The summed E-state index contributed by atoms with van der Waals surface area (Å²) in [5.74, 6) is 1.07. The van der Waals surface area contributed by atoms with Crippen LogP contribution in [0.3, 0.4) is 0 Å². The van der Waals surface area contributed by atoms with Gasteiger partial charge in [-0.2, -0.15) is 15.0 Å². The normalized spacial score (nSPS) is 11.1. The molecular formula is C11H19ClN4O. The zero-order chi connectivity index (χ0) is 13.0. The van der Waals surface area contributed by atoms with E-state index in [1.807, 2.05) is 0 Å². The Kier molecular flexibility index (Phi) is 4.93. The molecule has 0 unspecified atom stereocenters. The molecule has 1 heterocycles. The first-order chi connectivity index (χ1) is 7.93. The van der Waals surface area contributed by atoms with Gasteiger partial charge in [-0.15, -0.1) is 0 Å². The van der Waals surface area contributed by atoms with Crippen molar-refractivity contribution in [3.05, 3.63) is 5.28 Å². The first-order valence-corrected chi connectivity index (χ1v) is 6.04. The van der Waals surface area contributed by atoms with Crippen LogP contribution in [0.1, 0.15) is 27.7 Å². The number of hydrogen-bond donors (Lipinski definition) is 0. The van der Waals surface area contributed by atoms with Gasteiger partial charge >= 0.3 is 6.01 Å². The van der Waals surface area contributed by atoms with E-state index in [9.17, 15) is 0 Å². The summed E-state index contributed by atoms with van der Waals surface area (Å²) in [5, 5.41) is 0.154. The predicted octanol–water partition coefficient (Wildman–Crippen LogP) is 2.40. The number of ether oxygens (including phenoxy) is 1. The van der Waals surface area contributed by atoms with Gasteiger partial charge < -0.3 is 9.64 Å². The van der Waals surface area contributed by atoms with Crippen molar-refractivity contribution in [3.63, 3.8) is 0 Å². The van der Waals surface area contributed by atoms with Gasteiger partial charge in [0.15, 0.2) is 0 Å². The van der Waals surface area contributed by atoms with Gasteiger partial charge in [-0.1, -0.05) is 13.8 Å². The number of methoxy groups -OCH3 is 1. The standard InChI is InChI=1S/C11H19ClN4O/c1-7(2)6-16(8(3)4)10-13-9(12)14-11(15-10)17-5/h7-8H,6H2,1-5H3. The molecule has 5 nitrogen and oxygen atoms in total. The number of hydrogen-bond acceptors (Lipinski definition) is 5. The molecule has 0 aromatic carbocycles. The lowest BCUT2D eigenvalue weighted by molar-refractivity contribution is 0.377. The summed E-state index contributed by atoms with van der Waals surface area (Å²) in [6.45, 7) is 9.34. The third-order valence-corrected chi connectivity index (χ3v) is 2.37. The lowest BCUT2D eigenvalue weighted by Crippen LogP contribution is -2.35. The summed E-state index contributed by atoms with van der Waals surface area (Å²) in [4.78, 5) is 14.3. The Morgan fingerprint density at radius 1 is 1.18 bits per heavy atom. The lowest BCUT2D eigenvalue weighted by Gasteiger charge is -2.28. The fraction of sp³-hybridized carbons (Fsp3) is 0.727. The van der Waals surface area contributed by atoms with Crippen molar-refractivity contribution in [3.8, 4) is 6.01 Å². The molecule has 1 aromatic rings. The first-order valence-electron chi connectivity index (χ1n) is 5.66. The average Bonchev–Trinajstić information content (AvgIpc) is 2.24. The van der Waals surface area contributed by atoms with Crippen molar-refractivity contribution in [2.45, 2.75) is 33.7 Å². The van der Waals surface area contributed by atoms with Crippen LogP contribution in [-0.4, -0.2) is 34.6 Å². The van der Waals surface area contributed by atoms with Crippen LogP contribution < -0.4 is 9.64 Å². The molecule has 1 rings (SSSR count). The highest BCUT2D eigenvalue weighted by Crippen LogP contribution is 2.18. The predicted molar refractivity (Wildman–Crippen MR) is 68.7 cm³/mol. The van der Waals surface area contributed by atoms with E-state index >= 15 is 0 Å². The molecule has 0 aliphatic rings. The molecule has 0 N–H and O–H groups in total. The Hall–Kier alpha value is -1.10. The maximum absolute atomic E-state index is 5.85. The number of halogens is 1. The Bertz CT molecular complexity index is 370. The Morgan fingerprint density at radius 3 is 2.29 bits per heavy atom. The Labute approximate surface area is 107 Å². The number of nitrogens with zero attached hydrogens (tertiary/aromatic N) is 4. The van der Waals surface area contributed by atoms with Gasteiger partial charge in [0.25, 0.3) is 0 Å². The molecule has 0 saturated carbocycles. The molecule has 0 aliphatic carbocycles. The third-order valence-electron chi connectivity index (χ3n) is 2.20. The molecule has 0 saturated heterocycles.